The molecule has 1 saturated carbocycles. The predicted molar refractivity (Wildman–Crippen MR) is 58.0 cm³/mol. The van der Waals surface area contributed by atoms with Crippen molar-refractivity contribution in [3.8, 4) is 0 Å². The first-order valence-electron chi connectivity index (χ1n) is 5.71. The summed E-state index contributed by atoms with van der Waals surface area (Å²) in [7, 11) is 0. The molecule has 1 fully saturated rings. The van der Waals surface area contributed by atoms with E-state index in [1.807, 2.05) is 6.92 Å². The molecule has 1 unspecified atom stereocenters. The first-order chi connectivity index (χ1) is 7.55. The SMILES string of the molecule is CCC(O)(Cc1cc(F)ccc1F)C1CC1. The normalized spacial score (nSPS) is 19.5. The third kappa shape index (κ3) is 2.24. The zero-order chi connectivity index (χ0) is 11.8. The van der Waals surface area contributed by atoms with Crippen LogP contribution in [0.4, 0.5) is 8.78 Å². The summed E-state index contributed by atoms with van der Waals surface area (Å²) in [5.74, 6) is -0.639. The molecule has 0 radical (unpaired) electrons. The van der Waals surface area contributed by atoms with Gasteiger partial charge in [-0.1, -0.05) is 6.92 Å². The maximum absolute atomic E-state index is 13.4. The van der Waals surface area contributed by atoms with Crippen LogP contribution < -0.4 is 0 Å². The van der Waals surface area contributed by atoms with Gasteiger partial charge in [-0.3, -0.25) is 0 Å². The number of rotatable bonds is 4. The van der Waals surface area contributed by atoms with E-state index in [1.54, 1.807) is 0 Å². The standard InChI is InChI=1S/C13H16F2O/c1-2-13(16,10-3-4-10)8-9-7-11(14)5-6-12(9)15/h5-7,10,16H,2-4,8H2,1H3. The average Bonchev–Trinajstić information content (AvgIpc) is 3.07. The third-order valence-corrected chi connectivity index (χ3v) is 3.45. The number of hydrogen-bond donors (Lipinski definition) is 1. The number of aliphatic hydroxyl groups is 1. The fourth-order valence-corrected chi connectivity index (χ4v) is 2.19. The molecule has 0 bridgehead atoms. The smallest absolute Gasteiger partial charge is 0.126 e. The topological polar surface area (TPSA) is 20.2 Å². The van der Waals surface area contributed by atoms with E-state index in [0.717, 1.165) is 25.0 Å². The van der Waals surface area contributed by atoms with Gasteiger partial charge in [0.25, 0.3) is 0 Å². The highest BCUT2D eigenvalue weighted by Crippen LogP contribution is 2.43. The lowest BCUT2D eigenvalue weighted by molar-refractivity contribution is 0.0131. The quantitative estimate of drug-likeness (QED) is 0.836. The number of halogens is 2. The molecular weight excluding hydrogens is 210 g/mol. The van der Waals surface area contributed by atoms with Crippen LogP contribution in [0, 0.1) is 17.6 Å². The summed E-state index contributed by atoms with van der Waals surface area (Å²) in [5.41, 5.74) is -0.592. The molecule has 88 valence electrons. The van der Waals surface area contributed by atoms with E-state index >= 15 is 0 Å². The van der Waals surface area contributed by atoms with E-state index in [2.05, 4.69) is 0 Å². The Kier molecular flexibility index (Phi) is 2.98. The number of benzene rings is 1. The highest BCUT2D eigenvalue weighted by Gasteiger charge is 2.42. The van der Waals surface area contributed by atoms with Crippen LogP contribution in [0.15, 0.2) is 18.2 Å². The summed E-state index contributed by atoms with van der Waals surface area (Å²) in [4.78, 5) is 0. The predicted octanol–water partition coefficient (Wildman–Crippen LogP) is 3.06. The Hall–Kier alpha value is -0.960. The number of hydrogen-bond acceptors (Lipinski definition) is 1. The van der Waals surface area contributed by atoms with Crippen molar-refractivity contribution < 1.29 is 13.9 Å². The molecule has 0 aromatic heterocycles. The highest BCUT2D eigenvalue weighted by atomic mass is 19.1. The van der Waals surface area contributed by atoms with Crippen LogP contribution in [0.25, 0.3) is 0 Å². The minimum atomic E-state index is -0.866. The van der Waals surface area contributed by atoms with Crippen molar-refractivity contribution in [1.82, 2.24) is 0 Å². The van der Waals surface area contributed by atoms with Crippen molar-refractivity contribution in [2.45, 2.75) is 38.2 Å². The van der Waals surface area contributed by atoms with Gasteiger partial charge < -0.3 is 5.11 Å². The summed E-state index contributed by atoms with van der Waals surface area (Å²) in [6, 6.07) is 3.40. The summed E-state index contributed by atoms with van der Waals surface area (Å²) < 4.78 is 26.4. The molecule has 3 heteroatoms. The van der Waals surface area contributed by atoms with Crippen LogP contribution in [0.1, 0.15) is 31.7 Å². The monoisotopic (exact) mass is 226 g/mol. The first-order valence-corrected chi connectivity index (χ1v) is 5.71. The van der Waals surface area contributed by atoms with Crippen molar-refractivity contribution >= 4 is 0 Å². The third-order valence-electron chi connectivity index (χ3n) is 3.45. The van der Waals surface area contributed by atoms with Crippen molar-refractivity contribution in [3.63, 3.8) is 0 Å². The molecule has 1 nitrogen and oxygen atoms in total. The van der Waals surface area contributed by atoms with Crippen molar-refractivity contribution in [1.29, 1.82) is 0 Å². The van der Waals surface area contributed by atoms with Gasteiger partial charge in [0.15, 0.2) is 0 Å². The summed E-state index contributed by atoms with van der Waals surface area (Å²) in [6.07, 6.45) is 2.76. The molecule has 1 N–H and O–H groups in total. The molecule has 0 heterocycles. The maximum atomic E-state index is 13.4. The Morgan fingerprint density at radius 2 is 2.06 bits per heavy atom. The lowest BCUT2D eigenvalue weighted by atomic mass is 9.87. The van der Waals surface area contributed by atoms with Crippen LogP contribution >= 0.6 is 0 Å². The molecule has 0 aliphatic heterocycles. The first kappa shape index (κ1) is 11.5. The van der Waals surface area contributed by atoms with Gasteiger partial charge in [0.05, 0.1) is 5.60 Å². The fraction of sp³-hybridized carbons (Fsp3) is 0.538. The van der Waals surface area contributed by atoms with E-state index in [4.69, 9.17) is 0 Å². The van der Waals surface area contributed by atoms with Gasteiger partial charge in [0.1, 0.15) is 11.6 Å². The minimum Gasteiger partial charge on any atom is -0.389 e. The van der Waals surface area contributed by atoms with Crippen LogP contribution in [-0.2, 0) is 6.42 Å². The van der Waals surface area contributed by atoms with E-state index in [9.17, 15) is 13.9 Å². The molecule has 1 aliphatic rings. The molecule has 0 spiro atoms. The molecule has 1 aliphatic carbocycles. The summed E-state index contributed by atoms with van der Waals surface area (Å²) in [6.45, 7) is 1.88. The average molecular weight is 226 g/mol. The molecule has 0 amide bonds. The lowest BCUT2D eigenvalue weighted by Gasteiger charge is -2.27. The molecule has 0 saturated heterocycles. The molecule has 1 aromatic rings. The van der Waals surface area contributed by atoms with Crippen LogP contribution in [0.5, 0.6) is 0 Å². The zero-order valence-corrected chi connectivity index (χ0v) is 9.34. The van der Waals surface area contributed by atoms with Crippen LogP contribution in [-0.4, -0.2) is 10.7 Å². The minimum absolute atomic E-state index is 0.206. The van der Waals surface area contributed by atoms with Crippen molar-refractivity contribution in [2.24, 2.45) is 5.92 Å². The van der Waals surface area contributed by atoms with Crippen LogP contribution in [0.3, 0.4) is 0 Å². The highest BCUT2D eigenvalue weighted by molar-refractivity contribution is 5.21. The maximum Gasteiger partial charge on any atom is 0.126 e. The summed E-state index contributed by atoms with van der Waals surface area (Å²) in [5, 5.41) is 10.3. The largest absolute Gasteiger partial charge is 0.389 e. The van der Waals surface area contributed by atoms with E-state index in [1.165, 1.54) is 6.07 Å². The Balaban J connectivity index is 2.21. The molecular formula is C13H16F2O. The molecule has 1 aromatic carbocycles. The lowest BCUT2D eigenvalue weighted by Crippen LogP contribution is -2.33. The van der Waals surface area contributed by atoms with Gasteiger partial charge in [-0.15, -0.1) is 0 Å². The Labute approximate surface area is 94.1 Å². The van der Waals surface area contributed by atoms with E-state index in [0.29, 0.717) is 6.42 Å². The second kappa shape index (κ2) is 4.13. The van der Waals surface area contributed by atoms with Crippen molar-refractivity contribution in [3.05, 3.63) is 35.4 Å². The Morgan fingerprint density at radius 3 is 2.62 bits per heavy atom. The summed E-state index contributed by atoms with van der Waals surface area (Å²) >= 11 is 0. The Bertz CT molecular complexity index is 388. The van der Waals surface area contributed by atoms with E-state index < -0.39 is 17.2 Å². The second-order valence-corrected chi connectivity index (χ2v) is 4.64. The van der Waals surface area contributed by atoms with Crippen LogP contribution in [0.2, 0.25) is 0 Å². The van der Waals surface area contributed by atoms with Gasteiger partial charge in [-0.2, -0.15) is 0 Å². The van der Waals surface area contributed by atoms with Gasteiger partial charge in [0.2, 0.25) is 0 Å². The molecule has 2 rings (SSSR count). The molecule has 16 heavy (non-hydrogen) atoms. The fourth-order valence-electron chi connectivity index (χ4n) is 2.19. The van der Waals surface area contributed by atoms with Gasteiger partial charge in [-0.05, 0) is 48.9 Å². The van der Waals surface area contributed by atoms with E-state index in [-0.39, 0.29) is 17.9 Å². The van der Waals surface area contributed by atoms with Gasteiger partial charge >= 0.3 is 0 Å². The molecule has 1 atom stereocenters. The van der Waals surface area contributed by atoms with Gasteiger partial charge in [0, 0.05) is 6.42 Å². The van der Waals surface area contributed by atoms with Gasteiger partial charge in [-0.25, -0.2) is 8.78 Å². The van der Waals surface area contributed by atoms with Crippen molar-refractivity contribution in [2.75, 3.05) is 0 Å². The Morgan fingerprint density at radius 1 is 1.38 bits per heavy atom. The zero-order valence-electron chi connectivity index (χ0n) is 9.34. The second-order valence-electron chi connectivity index (χ2n) is 4.64.